The molecule has 0 unspecified atom stereocenters. The van der Waals surface area contributed by atoms with Crippen LogP contribution in [0, 0.1) is 5.92 Å². The number of alkyl halides is 3. The van der Waals surface area contributed by atoms with Gasteiger partial charge in [0.15, 0.2) is 0 Å². The SMILES string of the molecule is CC(C)CNC(=O)[C@@H](C)Nc1ccc(OC(F)(F)F)cc1. The smallest absolute Gasteiger partial charge is 0.406 e. The molecule has 0 radical (unpaired) electrons. The molecule has 0 bridgehead atoms. The van der Waals surface area contributed by atoms with E-state index in [2.05, 4.69) is 15.4 Å². The fraction of sp³-hybridized carbons (Fsp3) is 0.500. The van der Waals surface area contributed by atoms with E-state index in [1.807, 2.05) is 13.8 Å². The van der Waals surface area contributed by atoms with Gasteiger partial charge in [-0.3, -0.25) is 4.79 Å². The number of hydrogen-bond donors (Lipinski definition) is 2. The summed E-state index contributed by atoms with van der Waals surface area (Å²) in [6.07, 6.45) is -4.71. The van der Waals surface area contributed by atoms with E-state index in [1.54, 1.807) is 6.92 Å². The van der Waals surface area contributed by atoms with Gasteiger partial charge in [0, 0.05) is 12.2 Å². The van der Waals surface area contributed by atoms with E-state index in [9.17, 15) is 18.0 Å². The lowest BCUT2D eigenvalue weighted by molar-refractivity contribution is -0.274. The molecule has 0 saturated carbocycles. The van der Waals surface area contributed by atoms with Crippen LogP contribution in [0.4, 0.5) is 18.9 Å². The lowest BCUT2D eigenvalue weighted by Crippen LogP contribution is -2.39. The molecule has 0 heterocycles. The Bertz CT molecular complexity index is 458. The highest BCUT2D eigenvalue weighted by molar-refractivity contribution is 5.84. The number of nitrogens with one attached hydrogen (secondary N) is 2. The van der Waals surface area contributed by atoms with Gasteiger partial charge in [-0.05, 0) is 37.1 Å². The monoisotopic (exact) mass is 304 g/mol. The van der Waals surface area contributed by atoms with Crippen LogP contribution in [-0.2, 0) is 4.79 Å². The highest BCUT2D eigenvalue weighted by Gasteiger charge is 2.30. The molecule has 1 atom stereocenters. The van der Waals surface area contributed by atoms with Gasteiger partial charge in [-0.25, -0.2) is 0 Å². The van der Waals surface area contributed by atoms with Crippen molar-refractivity contribution >= 4 is 11.6 Å². The van der Waals surface area contributed by atoms with Crippen molar-refractivity contribution in [3.05, 3.63) is 24.3 Å². The molecule has 0 aliphatic heterocycles. The first-order valence-electron chi connectivity index (χ1n) is 6.57. The average Bonchev–Trinajstić information content (AvgIpc) is 2.36. The molecule has 0 saturated heterocycles. The Morgan fingerprint density at radius 1 is 1.19 bits per heavy atom. The zero-order valence-electron chi connectivity index (χ0n) is 12.1. The normalized spacial score (nSPS) is 12.9. The number of anilines is 1. The van der Waals surface area contributed by atoms with Crippen LogP contribution < -0.4 is 15.4 Å². The number of amides is 1. The maximum atomic E-state index is 12.0. The van der Waals surface area contributed by atoms with Gasteiger partial charge >= 0.3 is 6.36 Å². The quantitative estimate of drug-likeness (QED) is 0.849. The number of hydrogen-bond acceptors (Lipinski definition) is 3. The van der Waals surface area contributed by atoms with Gasteiger partial charge < -0.3 is 15.4 Å². The summed E-state index contributed by atoms with van der Waals surface area (Å²) in [7, 11) is 0. The van der Waals surface area contributed by atoms with Crippen LogP contribution in [0.1, 0.15) is 20.8 Å². The van der Waals surface area contributed by atoms with E-state index in [1.165, 1.54) is 24.3 Å². The first kappa shape index (κ1) is 17.1. The number of benzene rings is 1. The standard InChI is InChI=1S/C14H19F3N2O2/c1-9(2)8-18-13(20)10(3)19-11-4-6-12(7-5-11)21-14(15,16)17/h4-7,9-10,19H,8H2,1-3H3,(H,18,20)/t10-/m1/s1. The van der Waals surface area contributed by atoms with Crippen molar-refractivity contribution in [3.8, 4) is 5.75 Å². The lowest BCUT2D eigenvalue weighted by atomic mass is 10.2. The van der Waals surface area contributed by atoms with Crippen LogP contribution in [-0.4, -0.2) is 24.9 Å². The molecule has 1 rings (SSSR count). The molecule has 1 amide bonds. The third-order valence-electron chi connectivity index (χ3n) is 2.55. The summed E-state index contributed by atoms with van der Waals surface area (Å²) in [5, 5.41) is 5.68. The topological polar surface area (TPSA) is 50.4 Å². The van der Waals surface area contributed by atoms with Gasteiger partial charge in [0.25, 0.3) is 0 Å². The van der Waals surface area contributed by atoms with Gasteiger partial charge in [-0.15, -0.1) is 13.2 Å². The predicted molar refractivity (Wildman–Crippen MR) is 74.1 cm³/mol. The summed E-state index contributed by atoms with van der Waals surface area (Å²) in [5.74, 6) is -0.121. The fourth-order valence-electron chi connectivity index (χ4n) is 1.53. The molecule has 118 valence electrons. The van der Waals surface area contributed by atoms with Gasteiger partial charge in [0.05, 0.1) is 0 Å². The first-order chi connectivity index (χ1) is 9.67. The Hall–Kier alpha value is -1.92. The third-order valence-corrected chi connectivity index (χ3v) is 2.55. The highest BCUT2D eigenvalue weighted by atomic mass is 19.4. The molecule has 21 heavy (non-hydrogen) atoms. The van der Waals surface area contributed by atoms with Gasteiger partial charge in [-0.1, -0.05) is 13.8 Å². The van der Waals surface area contributed by atoms with Crippen LogP contribution in [0.15, 0.2) is 24.3 Å². The maximum Gasteiger partial charge on any atom is 0.573 e. The van der Waals surface area contributed by atoms with E-state index in [0.29, 0.717) is 18.2 Å². The second-order valence-corrected chi connectivity index (χ2v) is 5.08. The van der Waals surface area contributed by atoms with E-state index < -0.39 is 12.4 Å². The summed E-state index contributed by atoms with van der Waals surface area (Å²) >= 11 is 0. The van der Waals surface area contributed by atoms with Crippen molar-refractivity contribution in [1.82, 2.24) is 5.32 Å². The van der Waals surface area contributed by atoms with Crippen LogP contribution in [0.3, 0.4) is 0 Å². The van der Waals surface area contributed by atoms with E-state index in [-0.39, 0.29) is 11.7 Å². The van der Waals surface area contributed by atoms with Crippen LogP contribution in [0.25, 0.3) is 0 Å². The molecule has 2 N–H and O–H groups in total. The van der Waals surface area contributed by atoms with E-state index in [0.717, 1.165) is 0 Å². The van der Waals surface area contributed by atoms with E-state index in [4.69, 9.17) is 0 Å². The van der Waals surface area contributed by atoms with Gasteiger partial charge in [0.1, 0.15) is 11.8 Å². The fourth-order valence-corrected chi connectivity index (χ4v) is 1.53. The van der Waals surface area contributed by atoms with Crippen molar-refractivity contribution in [1.29, 1.82) is 0 Å². The minimum Gasteiger partial charge on any atom is -0.406 e. The molecule has 0 aromatic heterocycles. The average molecular weight is 304 g/mol. The Labute approximate surface area is 121 Å². The zero-order valence-corrected chi connectivity index (χ0v) is 12.1. The Kier molecular flexibility index (Phi) is 5.87. The Morgan fingerprint density at radius 2 is 1.76 bits per heavy atom. The second kappa shape index (κ2) is 7.19. The summed E-state index contributed by atoms with van der Waals surface area (Å²) in [5.41, 5.74) is 0.539. The summed E-state index contributed by atoms with van der Waals surface area (Å²) < 4.78 is 39.8. The molecule has 0 aliphatic carbocycles. The molecule has 0 spiro atoms. The largest absolute Gasteiger partial charge is 0.573 e. The van der Waals surface area contributed by atoms with Crippen molar-refractivity contribution < 1.29 is 22.7 Å². The first-order valence-corrected chi connectivity index (χ1v) is 6.57. The number of rotatable bonds is 6. The molecule has 1 aromatic carbocycles. The number of carbonyl (C=O) groups excluding carboxylic acids is 1. The Morgan fingerprint density at radius 3 is 2.24 bits per heavy atom. The lowest BCUT2D eigenvalue weighted by Gasteiger charge is -2.16. The van der Waals surface area contributed by atoms with Crippen molar-refractivity contribution in [3.63, 3.8) is 0 Å². The number of carbonyl (C=O) groups is 1. The van der Waals surface area contributed by atoms with Crippen LogP contribution in [0.2, 0.25) is 0 Å². The number of halogens is 3. The van der Waals surface area contributed by atoms with Gasteiger partial charge in [-0.2, -0.15) is 0 Å². The highest BCUT2D eigenvalue weighted by Crippen LogP contribution is 2.24. The number of ether oxygens (including phenoxy) is 1. The summed E-state index contributed by atoms with van der Waals surface area (Å²) in [4.78, 5) is 11.8. The van der Waals surface area contributed by atoms with Crippen LogP contribution >= 0.6 is 0 Å². The van der Waals surface area contributed by atoms with E-state index >= 15 is 0 Å². The van der Waals surface area contributed by atoms with Crippen molar-refractivity contribution in [2.75, 3.05) is 11.9 Å². The predicted octanol–water partition coefficient (Wildman–Crippen LogP) is 3.16. The molecular formula is C14H19F3N2O2. The summed E-state index contributed by atoms with van der Waals surface area (Å²) in [6, 6.07) is 4.74. The Balaban J connectivity index is 2.53. The second-order valence-electron chi connectivity index (χ2n) is 5.08. The zero-order chi connectivity index (χ0) is 16.0. The van der Waals surface area contributed by atoms with Crippen molar-refractivity contribution in [2.45, 2.75) is 33.2 Å². The van der Waals surface area contributed by atoms with Crippen LogP contribution in [0.5, 0.6) is 5.75 Å². The minimum atomic E-state index is -4.71. The minimum absolute atomic E-state index is 0.167. The third kappa shape index (κ3) is 6.87. The molecule has 0 aliphatic rings. The molecule has 4 nitrogen and oxygen atoms in total. The molecule has 1 aromatic rings. The summed E-state index contributed by atoms with van der Waals surface area (Å²) in [6.45, 7) is 6.22. The maximum absolute atomic E-state index is 12.0. The molecule has 0 fully saturated rings. The molecule has 7 heteroatoms. The van der Waals surface area contributed by atoms with Gasteiger partial charge in [0.2, 0.25) is 5.91 Å². The van der Waals surface area contributed by atoms with Crippen molar-refractivity contribution in [2.24, 2.45) is 5.92 Å². The molecular weight excluding hydrogens is 285 g/mol.